The molecular weight excluding hydrogens is 272 g/mol. The molecule has 0 spiro atoms. The van der Waals surface area contributed by atoms with Gasteiger partial charge in [0, 0.05) is 5.38 Å². The normalized spacial score (nSPS) is 12.2. The standard InChI is InChI=1S/C15H18N2O2S/c1-10(2)13-9-20-15(16-13)17-14(18)11(3)19-12-7-5-4-6-8-12/h4-11H,1-3H3,(H,16,17,18). The highest BCUT2D eigenvalue weighted by Gasteiger charge is 2.16. The third-order valence-corrected chi connectivity index (χ3v) is 3.54. The van der Waals surface area contributed by atoms with Gasteiger partial charge < -0.3 is 4.74 Å². The van der Waals surface area contributed by atoms with E-state index in [9.17, 15) is 4.79 Å². The van der Waals surface area contributed by atoms with Crippen LogP contribution in [0.25, 0.3) is 0 Å². The van der Waals surface area contributed by atoms with E-state index < -0.39 is 6.10 Å². The van der Waals surface area contributed by atoms with Crippen LogP contribution in [0, 0.1) is 0 Å². The second kappa shape index (κ2) is 6.52. The number of hydrogen-bond donors (Lipinski definition) is 1. The van der Waals surface area contributed by atoms with Crippen LogP contribution in [0.5, 0.6) is 5.75 Å². The maximum atomic E-state index is 12.0. The molecule has 4 nitrogen and oxygen atoms in total. The number of carbonyl (C=O) groups is 1. The highest BCUT2D eigenvalue weighted by Crippen LogP contribution is 2.21. The van der Waals surface area contributed by atoms with E-state index in [0.717, 1.165) is 5.69 Å². The minimum Gasteiger partial charge on any atom is -0.481 e. The fourth-order valence-electron chi connectivity index (χ4n) is 1.57. The van der Waals surface area contributed by atoms with Gasteiger partial charge >= 0.3 is 0 Å². The largest absolute Gasteiger partial charge is 0.481 e. The van der Waals surface area contributed by atoms with E-state index in [-0.39, 0.29) is 5.91 Å². The van der Waals surface area contributed by atoms with Crippen LogP contribution in [0.3, 0.4) is 0 Å². The van der Waals surface area contributed by atoms with Gasteiger partial charge in [0.25, 0.3) is 5.91 Å². The Kier molecular flexibility index (Phi) is 4.74. The van der Waals surface area contributed by atoms with Crippen molar-refractivity contribution in [2.24, 2.45) is 0 Å². The van der Waals surface area contributed by atoms with E-state index in [1.54, 1.807) is 6.92 Å². The van der Waals surface area contributed by atoms with Crippen molar-refractivity contribution in [3.8, 4) is 5.75 Å². The first-order chi connectivity index (χ1) is 9.56. The highest BCUT2D eigenvalue weighted by molar-refractivity contribution is 7.13. The predicted molar refractivity (Wildman–Crippen MR) is 81.4 cm³/mol. The molecule has 1 aromatic heterocycles. The molecule has 20 heavy (non-hydrogen) atoms. The maximum Gasteiger partial charge on any atom is 0.266 e. The number of anilines is 1. The molecule has 0 saturated heterocycles. The molecule has 0 aliphatic rings. The average molecular weight is 290 g/mol. The summed E-state index contributed by atoms with van der Waals surface area (Å²) >= 11 is 1.43. The number of amides is 1. The molecule has 0 fully saturated rings. The van der Waals surface area contributed by atoms with Crippen LogP contribution < -0.4 is 10.1 Å². The van der Waals surface area contributed by atoms with Gasteiger partial charge in [0.2, 0.25) is 0 Å². The Hall–Kier alpha value is -1.88. The van der Waals surface area contributed by atoms with Crippen molar-refractivity contribution in [2.45, 2.75) is 32.8 Å². The summed E-state index contributed by atoms with van der Waals surface area (Å²) in [4.78, 5) is 16.4. The molecule has 0 bridgehead atoms. The molecule has 1 N–H and O–H groups in total. The Morgan fingerprint density at radius 1 is 1.25 bits per heavy atom. The monoisotopic (exact) mass is 290 g/mol. The first-order valence-electron chi connectivity index (χ1n) is 6.54. The molecule has 1 heterocycles. The molecule has 5 heteroatoms. The Morgan fingerprint density at radius 3 is 2.55 bits per heavy atom. The predicted octanol–water partition coefficient (Wildman–Crippen LogP) is 3.67. The molecule has 0 radical (unpaired) electrons. The van der Waals surface area contributed by atoms with Gasteiger partial charge in [-0.2, -0.15) is 0 Å². The molecular formula is C15H18N2O2S. The van der Waals surface area contributed by atoms with Crippen molar-refractivity contribution >= 4 is 22.4 Å². The summed E-state index contributed by atoms with van der Waals surface area (Å²) in [5.41, 5.74) is 0.988. The van der Waals surface area contributed by atoms with Crippen LogP contribution in [-0.2, 0) is 4.79 Å². The lowest BCUT2D eigenvalue weighted by atomic mass is 10.2. The zero-order valence-electron chi connectivity index (χ0n) is 11.8. The van der Waals surface area contributed by atoms with Crippen LogP contribution in [0.15, 0.2) is 35.7 Å². The van der Waals surface area contributed by atoms with E-state index in [1.165, 1.54) is 11.3 Å². The number of rotatable bonds is 5. The molecule has 1 amide bonds. The topological polar surface area (TPSA) is 51.2 Å². The Morgan fingerprint density at radius 2 is 1.95 bits per heavy atom. The van der Waals surface area contributed by atoms with Crippen molar-refractivity contribution < 1.29 is 9.53 Å². The average Bonchev–Trinajstić information content (AvgIpc) is 2.88. The summed E-state index contributed by atoms with van der Waals surface area (Å²) in [5.74, 6) is 0.838. The molecule has 1 unspecified atom stereocenters. The van der Waals surface area contributed by atoms with Crippen LogP contribution in [-0.4, -0.2) is 17.0 Å². The number of ether oxygens (including phenoxy) is 1. The van der Waals surface area contributed by atoms with Crippen LogP contribution >= 0.6 is 11.3 Å². The summed E-state index contributed by atoms with van der Waals surface area (Å²) in [7, 11) is 0. The number of aromatic nitrogens is 1. The van der Waals surface area contributed by atoms with Gasteiger partial charge in [-0.1, -0.05) is 32.0 Å². The quantitative estimate of drug-likeness (QED) is 0.914. The van der Waals surface area contributed by atoms with Gasteiger partial charge in [-0.15, -0.1) is 11.3 Å². The zero-order chi connectivity index (χ0) is 14.5. The lowest BCUT2D eigenvalue weighted by molar-refractivity contribution is -0.122. The summed E-state index contributed by atoms with van der Waals surface area (Å²) in [6.45, 7) is 5.86. The Labute approximate surface area is 122 Å². The highest BCUT2D eigenvalue weighted by atomic mass is 32.1. The number of para-hydroxylation sites is 1. The summed E-state index contributed by atoms with van der Waals surface area (Å²) in [6, 6.07) is 9.29. The molecule has 106 valence electrons. The van der Waals surface area contributed by atoms with Crippen LogP contribution in [0.1, 0.15) is 32.4 Å². The fourth-order valence-corrected chi connectivity index (χ4v) is 2.45. The smallest absolute Gasteiger partial charge is 0.266 e. The molecule has 0 aliphatic heterocycles. The second-order valence-corrected chi connectivity index (χ2v) is 5.65. The van der Waals surface area contributed by atoms with Gasteiger partial charge in [0.05, 0.1) is 5.69 Å². The number of carbonyl (C=O) groups excluding carboxylic acids is 1. The Bertz CT molecular complexity index is 566. The SMILES string of the molecule is CC(Oc1ccccc1)C(=O)Nc1nc(C(C)C)cs1. The minimum absolute atomic E-state index is 0.196. The maximum absolute atomic E-state index is 12.0. The summed E-state index contributed by atoms with van der Waals surface area (Å²) in [5, 5.41) is 5.36. The first kappa shape index (κ1) is 14.5. The van der Waals surface area contributed by atoms with Crippen molar-refractivity contribution in [1.82, 2.24) is 4.98 Å². The fraction of sp³-hybridized carbons (Fsp3) is 0.333. The van der Waals surface area contributed by atoms with E-state index in [1.807, 2.05) is 35.7 Å². The summed E-state index contributed by atoms with van der Waals surface area (Å²) in [6.07, 6.45) is -0.566. The molecule has 2 aromatic rings. The van der Waals surface area contributed by atoms with Crippen molar-refractivity contribution in [1.29, 1.82) is 0 Å². The number of hydrogen-bond acceptors (Lipinski definition) is 4. The van der Waals surface area contributed by atoms with Gasteiger partial charge in [-0.25, -0.2) is 4.98 Å². The Balaban J connectivity index is 1.93. The lowest BCUT2D eigenvalue weighted by Gasteiger charge is -2.13. The van der Waals surface area contributed by atoms with Crippen LogP contribution in [0.4, 0.5) is 5.13 Å². The van der Waals surface area contributed by atoms with E-state index in [0.29, 0.717) is 16.8 Å². The van der Waals surface area contributed by atoms with Crippen molar-refractivity contribution in [3.05, 3.63) is 41.4 Å². The molecule has 2 rings (SSSR count). The number of nitrogens with one attached hydrogen (secondary N) is 1. The van der Waals surface area contributed by atoms with Gasteiger partial charge in [-0.3, -0.25) is 10.1 Å². The minimum atomic E-state index is -0.566. The zero-order valence-corrected chi connectivity index (χ0v) is 12.6. The third kappa shape index (κ3) is 3.81. The van der Waals surface area contributed by atoms with E-state index in [2.05, 4.69) is 24.1 Å². The molecule has 0 aliphatic carbocycles. The molecule has 1 aromatic carbocycles. The van der Waals surface area contributed by atoms with Gasteiger partial charge in [0.1, 0.15) is 5.75 Å². The molecule has 0 saturated carbocycles. The van der Waals surface area contributed by atoms with Crippen LogP contribution in [0.2, 0.25) is 0 Å². The lowest BCUT2D eigenvalue weighted by Crippen LogP contribution is -2.30. The van der Waals surface area contributed by atoms with E-state index >= 15 is 0 Å². The van der Waals surface area contributed by atoms with E-state index in [4.69, 9.17) is 4.74 Å². The number of benzene rings is 1. The third-order valence-electron chi connectivity index (χ3n) is 2.77. The summed E-state index contributed by atoms with van der Waals surface area (Å²) < 4.78 is 5.57. The first-order valence-corrected chi connectivity index (χ1v) is 7.42. The van der Waals surface area contributed by atoms with Gasteiger partial charge in [-0.05, 0) is 25.0 Å². The number of thiazole rings is 1. The van der Waals surface area contributed by atoms with Crippen molar-refractivity contribution in [3.63, 3.8) is 0 Å². The van der Waals surface area contributed by atoms with Gasteiger partial charge in [0.15, 0.2) is 11.2 Å². The van der Waals surface area contributed by atoms with Crippen molar-refractivity contribution in [2.75, 3.05) is 5.32 Å². The second-order valence-electron chi connectivity index (χ2n) is 4.79. The molecule has 1 atom stereocenters. The number of nitrogens with zero attached hydrogens (tertiary/aromatic N) is 1.